The number of benzene rings is 2. The fourth-order valence-electron chi connectivity index (χ4n) is 4.69. The molecular formula is C24H27NO5. The van der Waals surface area contributed by atoms with E-state index in [4.69, 9.17) is 14.2 Å². The second-order valence-corrected chi connectivity index (χ2v) is 7.47. The van der Waals surface area contributed by atoms with Crippen LogP contribution >= 0.6 is 0 Å². The van der Waals surface area contributed by atoms with Crippen LogP contribution in [0.3, 0.4) is 0 Å². The number of carbonyl (C=O) groups excluding carboxylic acids is 2. The number of anilines is 1. The third kappa shape index (κ3) is 3.56. The Labute approximate surface area is 176 Å². The van der Waals surface area contributed by atoms with Gasteiger partial charge >= 0.3 is 11.9 Å². The topological polar surface area (TPSA) is 65.1 Å². The molecule has 1 fully saturated rings. The predicted octanol–water partition coefficient (Wildman–Crippen LogP) is 3.82. The molecule has 0 aliphatic carbocycles. The molecule has 2 aliphatic rings. The number of ether oxygens (including phenoxy) is 3. The van der Waals surface area contributed by atoms with Crippen molar-refractivity contribution in [3.8, 4) is 0 Å². The standard InChI is InChI=1S/C24H27NO5/c1-3-28-23(26)21(24(27)29-4-2)25-19-13-9-8-12-17(19)22-18(14-15-30-22)20(25)16-10-6-5-7-11-16/h5-13,18,20-22H,3-4,14-15H2,1-2H3/t18-,20+,22+/m1/s1. The first-order chi connectivity index (χ1) is 14.7. The Balaban J connectivity index is 1.90. The number of fused-ring (bicyclic) bond motifs is 3. The van der Waals surface area contributed by atoms with E-state index in [9.17, 15) is 9.59 Å². The second kappa shape index (κ2) is 8.88. The normalized spacial score (nSPS) is 22.4. The highest BCUT2D eigenvalue weighted by Gasteiger charge is 2.50. The van der Waals surface area contributed by atoms with Crippen LogP contribution in [0.1, 0.15) is 43.5 Å². The minimum absolute atomic E-state index is 0.0762. The van der Waals surface area contributed by atoms with Gasteiger partial charge in [0, 0.05) is 23.8 Å². The molecular weight excluding hydrogens is 382 g/mol. The Morgan fingerprint density at radius 1 is 1.00 bits per heavy atom. The van der Waals surface area contributed by atoms with Crippen LogP contribution in [0.2, 0.25) is 0 Å². The van der Waals surface area contributed by atoms with Gasteiger partial charge in [0.25, 0.3) is 0 Å². The van der Waals surface area contributed by atoms with Crippen molar-refractivity contribution in [1.82, 2.24) is 0 Å². The van der Waals surface area contributed by atoms with Crippen LogP contribution in [0.5, 0.6) is 0 Å². The molecule has 4 rings (SSSR count). The summed E-state index contributed by atoms with van der Waals surface area (Å²) in [5.41, 5.74) is 2.83. The van der Waals surface area contributed by atoms with Crippen molar-refractivity contribution in [3.63, 3.8) is 0 Å². The summed E-state index contributed by atoms with van der Waals surface area (Å²) in [5, 5.41) is 0. The van der Waals surface area contributed by atoms with Gasteiger partial charge in [-0.3, -0.25) is 0 Å². The fraction of sp³-hybridized carbons (Fsp3) is 0.417. The highest BCUT2D eigenvalue weighted by molar-refractivity contribution is 6.03. The van der Waals surface area contributed by atoms with Gasteiger partial charge in [-0.15, -0.1) is 0 Å². The molecule has 30 heavy (non-hydrogen) atoms. The van der Waals surface area contributed by atoms with Crippen LogP contribution < -0.4 is 4.90 Å². The maximum atomic E-state index is 13.0. The molecule has 0 bridgehead atoms. The molecule has 0 spiro atoms. The van der Waals surface area contributed by atoms with Gasteiger partial charge in [-0.1, -0.05) is 48.5 Å². The van der Waals surface area contributed by atoms with Crippen molar-refractivity contribution in [1.29, 1.82) is 0 Å². The maximum Gasteiger partial charge on any atom is 0.340 e. The Bertz CT molecular complexity index is 881. The number of rotatable bonds is 6. The van der Waals surface area contributed by atoms with E-state index in [1.54, 1.807) is 13.8 Å². The molecule has 3 atom stereocenters. The first-order valence-corrected chi connectivity index (χ1v) is 10.5. The lowest BCUT2D eigenvalue weighted by molar-refractivity contribution is -0.157. The molecule has 0 amide bonds. The Hall–Kier alpha value is -2.86. The summed E-state index contributed by atoms with van der Waals surface area (Å²) in [6, 6.07) is 16.4. The van der Waals surface area contributed by atoms with E-state index in [2.05, 4.69) is 0 Å². The molecule has 2 aliphatic heterocycles. The van der Waals surface area contributed by atoms with Gasteiger partial charge in [0.15, 0.2) is 0 Å². The van der Waals surface area contributed by atoms with E-state index < -0.39 is 18.0 Å². The number of hydrogen-bond acceptors (Lipinski definition) is 6. The molecule has 6 heteroatoms. The van der Waals surface area contributed by atoms with Crippen molar-refractivity contribution in [3.05, 3.63) is 65.7 Å². The van der Waals surface area contributed by atoms with Crippen LogP contribution in [0.15, 0.2) is 54.6 Å². The van der Waals surface area contributed by atoms with Crippen molar-refractivity contribution in [2.45, 2.75) is 38.5 Å². The van der Waals surface area contributed by atoms with Crippen molar-refractivity contribution in [2.24, 2.45) is 5.92 Å². The van der Waals surface area contributed by atoms with E-state index in [-0.39, 0.29) is 31.3 Å². The zero-order chi connectivity index (χ0) is 21.1. The van der Waals surface area contributed by atoms with E-state index in [1.165, 1.54) is 0 Å². The monoisotopic (exact) mass is 409 g/mol. The summed E-state index contributed by atoms with van der Waals surface area (Å²) in [7, 11) is 0. The van der Waals surface area contributed by atoms with Crippen molar-refractivity contribution in [2.75, 3.05) is 24.7 Å². The quantitative estimate of drug-likeness (QED) is 0.534. The molecule has 2 aromatic carbocycles. The molecule has 0 unspecified atom stereocenters. The minimum Gasteiger partial charge on any atom is -0.464 e. The third-order valence-corrected chi connectivity index (χ3v) is 5.80. The lowest BCUT2D eigenvalue weighted by Crippen LogP contribution is -2.54. The zero-order valence-electron chi connectivity index (χ0n) is 17.3. The molecule has 2 heterocycles. The highest BCUT2D eigenvalue weighted by Crippen LogP contribution is 2.53. The van der Waals surface area contributed by atoms with E-state index in [1.807, 2.05) is 59.5 Å². The number of nitrogens with zero attached hydrogens (tertiary/aromatic N) is 1. The maximum absolute atomic E-state index is 13.0. The van der Waals surface area contributed by atoms with Gasteiger partial charge in [0.05, 0.1) is 25.4 Å². The SMILES string of the molecule is CCOC(=O)C(C(=O)OCC)N1c2ccccc2[C@@H]2OCC[C@@H]2[C@@H]1c1ccccc1. The molecule has 1 saturated heterocycles. The van der Waals surface area contributed by atoms with Crippen LogP contribution in [0.4, 0.5) is 5.69 Å². The Kier molecular flexibility index (Phi) is 6.04. The first kappa shape index (κ1) is 20.4. The highest BCUT2D eigenvalue weighted by atomic mass is 16.6. The van der Waals surface area contributed by atoms with Crippen LogP contribution in [-0.4, -0.2) is 37.8 Å². The summed E-state index contributed by atoms with van der Waals surface area (Å²) in [6.45, 7) is 4.49. The lowest BCUT2D eigenvalue weighted by atomic mass is 9.78. The Morgan fingerprint density at radius 3 is 2.30 bits per heavy atom. The molecule has 0 radical (unpaired) electrons. The molecule has 0 aromatic heterocycles. The molecule has 6 nitrogen and oxygen atoms in total. The third-order valence-electron chi connectivity index (χ3n) is 5.80. The summed E-state index contributed by atoms with van der Waals surface area (Å²) in [4.78, 5) is 28.0. The lowest BCUT2D eigenvalue weighted by Gasteiger charge is -2.46. The number of para-hydroxylation sites is 1. The van der Waals surface area contributed by atoms with Gasteiger partial charge < -0.3 is 19.1 Å². The molecule has 2 aromatic rings. The summed E-state index contributed by atoms with van der Waals surface area (Å²) < 4.78 is 16.8. The zero-order valence-corrected chi connectivity index (χ0v) is 17.3. The average molecular weight is 409 g/mol. The van der Waals surface area contributed by atoms with Gasteiger partial charge in [0.1, 0.15) is 0 Å². The molecule has 158 valence electrons. The number of carbonyl (C=O) groups is 2. The Morgan fingerprint density at radius 2 is 1.63 bits per heavy atom. The van der Waals surface area contributed by atoms with E-state index in [0.717, 1.165) is 23.2 Å². The fourth-order valence-corrected chi connectivity index (χ4v) is 4.69. The predicted molar refractivity (Wildman–Crippen MR) is 112 cm³/mol. The van der Waals surface area contributed by atoms with Crippen molar-refractivity contribution < 1.29 is 23.8 Å². The average Bonchev–Trinajstić information content (AvgIpc) is 3.25. The summed E-state index contributed by atoms with van der Waals surface area (Å²) in [5.74, 6) is -1.08. The summed E-state index contributed by atoms with van der Waals surface area (Å²) in [6.07, 6.45) is 0.765. The summed E-state index contributed by atoms with van der Waals surface area (Å²) >= 11 is 0. The molecule has 0 N–H and O–H groups in total. The van der Waals surface area contributed by atoms with Crippen LogP contribution in [-0.2, 0) is 23.8 Å². The van der Waals surface area contributed by atoms with E-state index in [0.29, 0.717) is 6.61 Å². The van der Waals surface area contributed by atoms with Crippen LogP contribution in [0.25, 0.3) is 0 Å². The van der Waals surface area contributed by atoms with Crippen LogP contribution in [0, 0.1) is 5.92 Å². The van der Waals surface area contributed by atoms with Gasteiger partial charge in [0.2, 0.25) is 6.04 Å². The van der Waals surface area contributed by atoms with Gasteiger partial charge in [-0.25, -0.2) is 9.59 Å². The van der Waals surface area contributed by atoms with Gasteiger partial charge in [-0.2, -0.15) is 0 Å². The van der Waals surface area contributed by atoms with Crippen molar-refractivity contribution >= 4 is 17.6 Å². The molecule has 0 saturated carbocycles. The second-order valence-electron chi connectivity index (χ2n) is 7.47. The largest absolute Gasteiger partial charge is 0.464 e. The minimum atomic E-state index is -1.18. The first-order valence-electron chi connectivity index (χ1n) is 10.5. The van der Waals surface area contributed by atoms with E-state index >= 15 is 0 Å². The number of hydrogen-bond donors (Lipinski definition) is 0. The number of esters is 2. The smallest absolute Gasteiger partial charge is 0.340 e. The van der Waals surface area contributed by atoms with Gasteiger partial charge in [-0.05, 0) is 31.9 Å².